The lowest BCUT2D eigenvalue weighted by atomic mass is 9.93. The summed E-state index contributed by atoms with van der Waals surface area (Å²) in [6.45, 7) is 12.2. The summed E-state index contributed by atoms with van der Waals surface area (Å²) in [6.07, 6.45) is 6.86. The molecule has 1 saturated heterocycles. The van der Waals surface area contributed by atoms with Crippen LogP contribution in [-0.2, 0) is 11.8 Å². The van der Waals surface area contributed by atoms with Crippen molar-refractivity contribution >= 4 is 17.4 Å². The van der Waals surface area contributed by atoms with Crippen LogP contribution in [0, 0.1) is 0 Å². The van der Waals surface area contributed by atoms with Gasteiger partial charge in [-0.15, -0.1) is 5.10 Å². The van der Waals surface area contributed by atoms with E-state index in [9.17, 15) is 0 Å². The third kappa shape index (κ3) is 3.59. The van der Waals surface area contributed by atoms with Crippen molar-refractivity contribution in [2.75, 3.05) is 36.0 Å². The molecule has 4 rings (SSSR count). The van der Waals surface area contributed by atoms with E-state index in [-0.39, 0.29) is 5.41 Å². The number of nitrogens with zero attached hydrogens (tertiary/aromatic N) is 7. The van der Waals surface area contributed by atoms with Crippen LogP contribution < -0.4 is 9.80 Å². The van der Waals surface area contributed by atoms with Gasteiger partial charge in [-0.05, 0) is 24.1 Å². The van der Waals surface area contributed by atoms with Crippen molar-refractivity contribution in [3.63, 3.8) is 0 Å². The maximum Gasteiger partial charge on any atom is 0.225 e. The number of hydrogen-bond acceptors (Lipinski definition) is 6. The lowest BCUT2D eigenvalue weighted by molar-refractivity contribution is 0.572. The Kier molecular flexibility index (Phi) is 4.45. The van der Waals surface area contributed by atoms with Crippen LogP contribution in [0.5, 0.6) is 0 Å². The molecule has 0 spiro atoms. The van der Waals surface area contributed by atoms with Crippen molar-refractivity contribution < 1.29 is 0 Å². The molecule has 1 fully saturated rings. The zero-order valence-electron chi connectivity index (χ0n) is 16.6. The van der Waals surface area contributed by atoms with Crippen LogP contribution in [0.2, 0.25) is 0 Å². The minimum atomic E-state index is 0.0206. The van der Waals surface area contributed by atoms with Crippen LogP contribution >= 0.6 is 0 Å². The van der Waals surface area contributed by atoms with Gasteiger partial charge in [0.1, 0.15) is 5.82 Å². The summed E-state index contributed by atoms with van der Waals surface area (Å²) in [6, 6.07) is 4.12. The number of aryl methyl sites for hydroxylation is 1. The fourth-order valence-electron chi connectivity index (χ4n) is 3.23. The molecule has 3 aromatic rings. The van der Waals surface area contributed by atoms with Crippen LogP contribution in [0.25, 0.3) is 5.65 Å². The lowest BCUT2D eigenvalue weighted by Gasteiger charge is -2.35. The molecular weight excluding hydrogens is 338 g/mol. The Morgan fingerprint density at radius 3 is 2.26 bits per heavy atom. The second-order valence-electron chi connectivity index (χ2n) is 8.09. The van der Waals surface area contributed by atoms with E-state index in [1.165, 1.54) is 5.56 Å². The van der Waals surface area contributed by atoms with Crippen LogP contribution in [-0.4, -0.2) is 50.7 Å². The number of fused-ring (bicyclic) bond motifs is 1. The van der Waals surface area contributed by atoms with Gasteiger partial charge in [0.2, 0.25) is 5.95 Å². The summed E-state index contributed by atoms with van der Waals surface area (Å²) < 4.78 is 1.90. The van der Waals surface area contributed by atoms with Gasteiger partial charge < -0.3 is 9.80 Å². The van der Waals surface area contributed by atoms with E-state index in [1.54, 1.807) is 0 Å². The van der Waals surface area contributed by atoms with Crippen molar-refractivity contribution in [1.82, 2.24) is 24.6 Å². The maximum atomic E-state index is 4.78. The van der Waals surface area contributed by atoms with Gasteiger partial charge in [-0.25, -0.2) is 19.5 Å². The SMILES string of the molecule is CCc1cnc(N2CCN(c3ccc4nc(C(C)(C)C)cn4n3)CC2)nc1. The van der Waals surface area contributed by atoms with Crippen molar-refractivity contribution in [3.8, 4) is 0 Å². The molecule has 0 atom stereocenters. The molecule has 1 aliphatic heterocycles. The van der Waals surface area contributed by atoms with Crippen LogP contribution in [0.1, 0.15) is 39.0 Å². The quantitative estimate of drug-likeness (QED) is 0.711. The first-order chi connectivity index (χ1) is 12.9. The molecule has 0 aromatic carbocycles. The zero-order chi connectivity index (χ0) is 19.0. The highest BCUT2D eigenvalue weighted by molar-refractivity contribution is 5.48. The van der Waals surface area contributed by atoms with Gasteiger partial charge in [0, 0.05) is 44.0 Å². The van der Waals surface area contributed by atoms with Crippen molar-refractivity contribution in [3.05, 3.63) is 42.0 Å². The molecule has 3 aromatic heterocycles. The highest BCUT2D eigenvalue weighted by Gasteiger charge is 2.22. The van der Waals surface area contributed by atoms with Crippen LogP contribution in [0.3, 0.4) is 0 Å². The highest BCUT2D eigenvalue weighted by Crippen LogP contribution is 2.22. The van der Waals surface area contributed by atoms with E-state index in [2.05, 4.69) is 59.6 Å². The second kappa shape index (κ2) is 6.79. The maximum absolute atomic E-state index is 4.78. The summed E-state index contributed by atoms with van der Waals surface area (Å²) in [5, 5.41) is 4.78. The standard InChI is InChI=1S/C20H27N7/c1-5-15-12-21-19(22-13-15)26-10-8-25(9-11-26)18-7-6-17-23-16(20(2,3)4)14-27(17)24-18/h6-7,12-14H,5,8-11H2,1-4H3. The van der Waals surface area contributed by atoms with Crippen molar-refractivity contribution in [2.24, 2.45) is 0 Å². The average molecular weight is 365 g/mol. The largest absolute Gasteiger partial charge is 0.352 e. The molecule has 27 heavy (non-hydrogen) atoms. The van der Waals surface area contributed by atoms with E-state index in [0.717, 1.165) is 55.7 Å². The minimum absolute atomic E-state index is 0.0206. The van der Waals surface area contributed by atoms with Gasteiger partial charge in [0.15, 0.2) is 5.65 Å². The molecule has 142 valence electrons. The second-order valence-corrected chi connectivity index (χ2v) is 8.09. The van der Waals surface area contributed by atoms with Gasteiger partial charge in [0.25, 0.3) is 0 Å². The Hall–Kier alpha value is -2.70. The summed E-state index contributed by atoms with van der Waals surface area (Å²) in [4.78, 5) is 18.3. The van der Waals surface area contributed by atoms with E-state index in [4.69, 9.17) is 10.1 Å². The number of imidazole rings is 1. The van der Waals surface area contributed by atoms with Gasteiger partial charge >= 0.3 is 0 Å². The number of rotatable bonds is 3. The van der Waals surface area contributed by atoms with Gasteiger partial charge in [0.05, 0.1) is 11.9 Å². The van der Waals surface area contributed by atoms with Gasteiger partial charge in [-0.3, -0.25) is 0 Å². The molecule has 0 amide bonds. The van der Waals surface area contributed by atoms with Gasteiger partial charge in [-0.1, -0.05) is 27.7 Å². The summed E-state index contributed by atoms with van der Waals surface area (Å²) in [5.74, 6) is 1.81. The summed E-state index contributed by atoms with van der Waals surface area (Å²) in [7, 11) is 0. The van der Waals surface area contributed by atoms with E-state index >= 15 is 0 Å². The molecule has 4 heterocycles. The predicted octanol–water partition coefficient (Wildman–Crippen LogP) is 2.71. The normalized spacial score (nSPS) is 15.6. The average Bonchev–Trinajstić information content (AvgIpc) is 3.12. The van der Waals surface area contributed by atoms with Crippen LogP contribution in [0.15, 0.2) is 30.7 Å². The number of piperazine rings is 1. The number of anilines is 2. The Balaban J connectivity index is 1.47. The first-order valence-electron chi connectivity index (χ1n) is 9.62. The Labute approximate surface area is 160 Å². The summed E-state index contributed by atoms with van der Waals surface area (Å²) in [5.41, 5.74) is 3.15. The Morgan fingerprint density at radius 2 is 1.63 bits per heavy atom. The molecular formula is C20H27N7. The number of aromatic nitrogens is 5. The van der Waals surface area contributed by atoms with Gasteiger partial charge in [-0.2, -0.15) is 0 Å². The van der Waals surface area contributed by atoms with E-state index < -0.39 is 0 Å². The summed E-state index contributed by atoms with van der Waals surface area (Å²) >= 11 is 0. The molecule has 7 heteroatoms. The third-order valence-corrected chi connectivity index (χ3v) is 5.06. The molecule has 0 aliphatic carbocycles. The molecule has 0 unspecified atom stereocenters. The topological polar surface area (TPSA) is 62.5 Å². The lowest BCUT2D eigenvalue weighted by Crippen LogP contribution is -2.47. The molecule has 7 nitrogen and oxygen atoms in total. The Morgan fingerprint density at radius 1 is 0.963 bits per heavy atom. The first kappa shape index (κ1) is 17.7. The molecule has 1 aliphatic rings. The van der Waals surface area contributed by atoms with Crippen LogP contribution in [0.4, 0.5) is 11.8 Å². The van der Waals surface area contributed by atoms with Crippen molar-refractivity contribution in [2.45, 2.75) is 39.5 Å². The fourth-order valence-corrected chi connectivity index (χ4v) is 3.23. The predicted molar refractivity (Wildman–Crippen MR) is 108 cm³/mol. The molecule has 0 saturated carbocycles. The van der Waals surface area contributed by atoms with E-state index in [1.807, 2.05) is 23.1 Å². The zero-order valence-corrected chi connectivity index (χ0v) is 16.6. The monoisotopic (exact) mass is 365 g/mol. The van der Waals surface area contributed by atoms with E-state index in [0.29, 0.717) is 0 Å². The fraction of sp³-hybridized carbons (Fsp3) is 0.500. The molecule has 0 N–H and O–H groups in total. The first-order valence-corrected chi connectivity index (χ1v) is 9.62. The smallest absolute Gasteiger partial charge is 0.225 e. The molecule has 0 radical (unpaired) electrons. The third-order valence-electron chi connectivity index (χ3n) is 5.06. The Bertz CT molecular complexity index is 916. The minimum Gasteiger partial charge on any atom is -0.352 e. The molecule has 0 bridgehead atoms. The highest BCUT2D eigenvalue weighted by atomic mass is 15.4. The van der Waals surface area contributed by atoms with Crippen molar-refractivity contribution in [1.29, 1.82) is 0 Å². The number of hydrogen-bond donors (Lipinski definition) is 0.